The lowest BCUT2D eigenvalue weighted by Gasteiger charge is -2.31. The zero-order chi connectivity index (χ0) is 13.1. The first kappa shape index (κ1) is 14.0. The first-order valence-electron chi connectivity index (χ1n) is 6.43. The Morgan fingerprint density at radius 3 is 2.35 bits per heavy atom. The summed E-state index contributed by atoms with van der Waals surface area (Å²) in [6.45, 7) is 5.68. The van der Waals surface area contributed by atoms with Crippen LogP contribution in [0.25, 0.3) is 0 Å². The molecule has 1 rings (SSSR count). The number of benzene rings is 1. The Morgan fingerprint density at radius 2 is 1.88 bits per heavy atom. The number of nitrogens with zero attached hydrogens (tertiary/aromatic N) is 1. The molecule has 2 heteroatoms. The van der Waals surface area contributed by atoms with Crippen LogP contribution in [0.15, 0.2) is 24.3 Å². The van der Waals surface area contributed by atoms with E-state index < -0.39 is 0 Å². The van der Waals surface area contributed by atoms with Crippen molar-refractivity contribution in [2.45, 2.75) is 26.2 Å². The van der Waals surface area contributed by atoms with Crippen molar-refractivity contribution in [1.82, 2.24) is 0 Å². The molecule has 0 unspecified atom stereocenters. The lowest BCUT2D eigenvalue weighted by atomic mass is 9.84. The first-order chi connectivity index (χ1) is 7.83. The molecular formula is C15H26NO+. The van der Waals surface area contributed by atoms with Crippen LogP contribution in [-0.4, -0.2) is 37.3 Å². The number of hydrogen-bond donors (Lipinski definition) is 1. The number of quaternary nitrogens is 1. The van der Waals surface area contributed by atoms with Crippen LogP contribution in [0.2, 0.25) is 0 Å². The van der Waals surface area contributed by atoms with Crippen molar-refractivity contribution in [1.29, 1.82) is 0 Å². The number of phenolic OH excluding ortho intramolecular Hbond substituents is 1. The lowest BCUT2D eigenvalue weighted by molar-refractivity contribution is -0.873. The first-order valence-corrected chi connectivity index (χ1v) is 6.43. The molecule has 0 saturated heterocycles. The van der Waals surface area contributed by atoms with E-state index >= 15 is 0 Å². The maximum atomic E-state index is 9.57. The minimum absolute atomic E-state index is 0.374. The molecule has 0 saturated carbocycles. The number of aromatic hydroxyl groups is 1. The van der Waals surface area contributed by atoms with Crippen LogP contribution in [0.3, 0.4) is 0 Å². The highest BCUT2D eigenvalue weighted by atomic mass is 16.3. The highest BCUT2D eigenvalue weighted by molar-refractivity contribution is 5.30. The third kappa shape index (κ3) is 4.39. The van der Waals surface area contributed by atoms with E-state index in [1.54, 1.807) is 6.07 Å². The molecule has 2 nitrogen and oxygen atoms in total. The minimum atomic E-state index is 0.374. The molecule has 0 aliphatic rings. The lowest BCUT2D eigenvalue weighted by Crippen LogP contribution is -2.39. The fourth-order valence-electron chi connectivity index (χ4n) is 2.71. The van der Waals surface area contributed by atoms with Crippen LogP contribution in [0.1, 0.15) is 31.7 Å². The van der Waals surface area contributed by atoms with Gasteiger partial charge in [0.15, 0.2) is 0 Å². The predicted molar refractivity (Wildman–Crippen MR) is 73.2 cm³/mol. The van der Waals surface area contributed by atoms with Gasteiger partial charge in [0.2, 0.25) is 0 Å². The van der Waals surface area contributed by atoms with Crippen molar-refractivity contribution in [2.24, 2.45) is 5.92 Å². The highest BCUT2D eigenvalue weighted by Crippen LogP contribution is 2.30. The van der Waals surface area contributed by atoms with Gasteiger partial charge in [-0.05, 0) is 30.0 Å². The third-order valence-electron chi connectivity index (χ3n) is 3.26. The Kier molecular flexibility index (Phi) is 4.58. The van der Waals surface area contributed by atoms with E-state index in [9.17, 15) is 5.11 Å². The molecule has 17 heavy (non-hydrogen) atoms. The minimum Gasteiger partial charge on any atom is -0.508 e. The van der Waals surface area contributed by atoms with E-state index in [2.05, 4.69) is 41.1 Å². The molecular weight excluding hydrogens is 210 g/mol. The second-order valence-corrected chi connectivity index (χ2v) is 6.06. The number of phenols is 1. The van der Waals surface area contributed by atoms with E-state index in [4.69, 9.17) is 0 Å². The van der Waals surface area contributed by atoms with Crippen molar-refractivity contribution in [3.8, 4) is 5.75 Å². The quantitative estimate of drug-likeness (QED) is 0.778. The summed E-state index contributed by atoms with van der Waals surface area (Å²) in [5.41, 5.74) is 1.26. The summed E-state index contributed by atoms with van der Waals surface area (Å²) in [5.74, 6) is 1.51. The Labute approximate surface area is 105 Å². The second kappa shape index (κ2) is 5.54. The van der Waals surface area contributed by atoms with Gasteiger partial charge in [-0.3, -0.25) is 0 Å². The molecule has 0 radical (unpaired) electrons. The second-order valence-electron chi connectivity index (χ2n) is 6.06. The van der Waals surface area contributed by atoms with Crippen LogP contribution >= 0.6 is 0 Å². The summed E-state index contributed by atoms with van der Waals surface area (Å²) in [4.78, 5) is 0. The molecule has 1 aromatic carbocycles. The Bertz CT molecular complexity index is 354. The van der Waals surface area contributed by atoms with E-state index in [0.717, 1.165) is 17.4 Å². The summed E-state index contributed by atoms with van der Waals surface area (Å²) in [6.07, 6.45) is 1.12. The van der Waals surface area contributed by atoms with Gasteiger partial charge in [-0.25, -0.2) is 0 Å². The summed E-state index contributed by atoms with van der Waals surface area (Å²) in [5, 5.41) is 9.57. The normalized spacial score (nSPS) is 15.6. The molecule has 0 amide bonds. The van der Waals surface area contributed by atoms with Gasteiger partial charge in [-0.15, -0.1) is 0 Å². The van der Waals surface area contributed by atoms with E-state index in [1.807, 2.05) is 12.1 Å². The summed E-state index contributed by atoms with van der Waals surface area (Å²) >= 11 is 0. The van der Waals surface area contributed by atoms with Gasteiger partial charge in [-0.1, -0.05) is 26.0 Å². The Hall–Kier alpha value is -1.02. The zero-order valence-corrected chi connectivity index (χ0v) is 11.8. The smallest absolute Gasteiger partial charge is 0.115 e. The Morgan fingerprint density at radius 1 is 1.24 bits per heavy atom. The fraction of sp³-hybridized carbons (Fsp3) is 0.600. The summed E-state index contributed by atoms with van der Waals surface area (Å²) in [6, 6.07) is 7.70. The van der Waals surface area contributed by atoms with Crippen molar-refractivity contribution >= 4 is 0 Å². The average Bonchev–Trinajstić information content (AvgIpc) is 2.15. The maximum Gasteiger partial charge on any atom is 0.115 e. The van der Waals surface area contributed by atoms with Gasteiger partial charge in [0.25, 0.3) is 0 Å². The molecule has 0 heterocycles. The predicted octanol–water partition coefficient (Wildman–Crippen LogP) is 3.23. The van der Waals surface area contributed by atoms with Crippen LogP contribution in [-0.2, 0) is 0 Å². The SMILES string of the molecule is CC[C@@H](c1cccc(O)c1)[C@@H](C)C[N+](C)(C)C. The van der Waals surface area contributed by atoms with Gasteiger partial charge in [-0.2, -0.15) is 0 Å². The summed E-state index contributed by atoms with van der Waals surface area (Å²) in [7, 11) is 6.68. The molecule has 1 aromatic rings. The van der Waals surface area contributed by atoms with Crippen molar-refractivity contribution in [3.05, 3.63) is 29.8 Å². The monoisotopic (exact) mass is 236 g/mol. The van der Waals surface area contributed by atoms with Gasteiger partial charge in [0, 0.05) is 5.92 Å². The van der Waals surface area contributed by atoms with Gasteiger partial charge in [0.05, 0.1) is 27.7 Å². The fourth-order valence-corrected chi connectivity index (χ4v) is 2.71. The van der Waals surface area contributed by atoms with Crippen LogP contribution in [0, 0.1) is 5.92 Å². The van der Waals surface area contributed by atoms with Crippen LogP contribution in [0.4, 0.5) is 0 Å². The van der Waals surface area contributed by atoms with E-state index in [0.29, 0.717) is 17.6 Å². The molecule has 1 N–H and O–H groups in total. The van der Waals surface area contributed by atoms with Crippen molar-refractivity contribution in [3.63, 3.8) is 0 Å². The molecule has 0 fully saturated rings. The number of hydrogen-bond acceptors (Lipinski definition) is 1. The molecule has 0 aromatic heterocycles. The van der Waals surface area contributed by atoms with Crippen LogP contribution < -0.4 is 0 Å². The van der Waals surface area contributed by atoms with E-state index in [1.165, 1.54) is 5.56 Å². The third-order valence-corrected chi connectivity index (χ3v) is 3.26. The average molecular weight is 236 g/mol. The molecule has 0 bridgehead atoms. The largest absolute Gasteiger partial charge is 0.508 e. The van der Waals surface area contributed by atoms with E-state index in [-0.39, 0.29) is 0 Å². The molecule has 0 aliphatic carbocycles. The van der Waals surface area contributed by atoms with Gasteiger partial charge >= 0.3 is 0 Å². The number of rotatable bonds is 5. The molecule has 0 aliphatic heterocycles. The maximum absolute atomic E-state index is 9.57. The zero-order valence-electron chi connectivity index (χ0n) is 11.8. The summed E-state index contributed by atoms with van der Waals surface area (Å²) < 4.78 is 0.983. The highest BCUT2D eigenvalue weighted by Gasteiger charge is 2.23. The van der Waals surface area contributed by atoms with Gasteiger partial charge in [0.1, 0.15) is 5.75 Å². The van der Waals surface area contributed by atoms with Gasteiger partial charge < -0.3 is 9.59 Å². The Balaban J connectivity index is 2.84. The topological polar surface area (TPSA) is 20.2 Å². The standard InChI is InChI=1S/C15H25NO/c1-6-15(12(2)11-16(3,4)5)13-8-7-9-14(17)10-13/h7-10,12,15H,6,11H2,1-5H3/p+1/t12-,15+/m0/s1. The molecule has 96 valence electrons. The van der Waals surface area contributed by atoms with Crippen molar-refractivity contribution < 1.29 is 9.59 Å². The molecule has 0 spiro atoms. The van der Waals surface area contributed by atoms with Crippen LogP contribution in [0.5, 0.6) is 5.75 Å². The molecule has 2 atom stereocenters. The van der Waals surface area contributed by atoms with Crippen molar-refractivity contribution in [2.75, 3.05) is 27.7 Å².